The number of rotatable bonds is 6. The highest BCUT2D eigenvalue weighted by Crippen LogP contribution is 2.11. The summed E-state index contributed by atoms with van der Waals surface area (Å²) < 4.78 is 13.7. The molecular formula is C18H30FIN4. The number of guanidine groups is 1. The molecule has 0 radical (unpaired) electrons. The summed E-state index contributed by atoms with van der Waals surface area (Å²) in [6, 6.07) is 7.26. The smallest absolute Gasteiger partial charge is 0.191 e. The number of halogens is 2. The van der Waals surface area contributed by atoms with Gasteiger partial charge in [0.25, 0.3) is 0 Å². The van der Waals surface area contributed by atoms with Crippen molar-refractivity contribution in [3.8, 4) is 0 Å². The van der Waals surface area contributed by atoms with E-state index in [1.54, 1.807) is 12.1 Å². The van der Waals surface area contributed by atoms with Crippen LogP contribution in [0.4, 0.5) is 4.39 Å². The van der Waals surface area contributed by atoms with E-state index in [4.69, 9.17) is 0 Å². The lowest BCUT2D eigenvalue weighted by Gasteiger charge is -2.32. The average molecular weight is 448 g/mol. The van der Waals surface area contributed by atoms with Crippen molar-refractivity contribution in [3.63, 3.8) is 0 Å². The van der Waals surface area contributed by atoms with E-state index in [2.05, 4.69) is 27.4 Å². The molecule has 24 heavy (non-hydrogen) atoms. The van der Waals surface area contributed by atoms with Gasteiger partial charge in [0.2, 0.25) is 0 Å². The second kappa shape index (κ2) is 11.6. The summed E-state index contributed by atoms with van der Waals surface area (Å²) in [5.41, 5.74) is 0.627. The Labute approximate surface area is 162 Å². The van der Waals surface area contributed by atoms with Crippen molar-refractivity contribution in [2.24, 2.45) is 4.99 Å². The summed E-state index contributed by atoms with van der Waals surface area (Å²) in [5.74, 6) is 0.588. The van der Waals surface area contributed by atoms with Crippen molar-refractivity contribution in [1.29, 1.82) is 0 Å². The SMILES string of the molecule is CCCN1CCC(NC(=NCc2ccccc2F)NCC)CC1.I. The fourth-order valence-corrected chi connectivity index (χ4v) is 2.92. The first-order valence-corrected chi connectivity index (χ1v) is 8.73. The van der Waals surface area contributed by atoms with Crippen molar-refractivity contribution in [1.82, 2.24) is 15.5 Å². The van der Waals surface area contributed by atoms with Gasteiger partial charge < -0.3 is 15.5 Å². The minimum atomic E-state index is -0.194. The lowest BCUT2D eigenvalue weighted by Crippen LogP contribution is -2.48. The maximum atomic E-state index is 13.7. The second-order valence-corrected chi connectivity index (χ2v) is 6.05. The Kier molecular flexibility index (Phi) is 10.2. The standard InChI is InChI=1S/C18H29FN4.HI/c1-3-11-23-12-9-16(10-13-23)22-18(20-4-2)21-14-15-7-5-6-8-17(15)19;/h5-8,16H,3-4,9-14H2,1-2H3,(H2,20,21,22);1H. The van der Waals surface area contributed by atoms with Gasteiger partial charge in [-0.25, -0.2) is 9.38 Å². The molecule has 4 nitrogen and oxygen atoms in total. The van der Waals surface area contributed by atoms with Crippen molar-refractivity contribution >= 4 is 29.9 Å². The third-order valence-electron chi connectivity index (χ3n) is 4.18. The lowest BCUT2D eigenvalue weighted by molar-refractivity contribution is 0.206. The number of likely N-dealkylation sites (tertiary alicyclic amines) is 1. The first kappa shape index (κ1) is 21.2. The molecule has 0 unspecified atom stereocenters. The summed E-state index contributed by atoms with van der Waals surface area (Å²) in [4.78, 5) is 7.05. The molecule has 0 atom stereocenters. The van der Waals surface area contributed by atoms with E-state index < -0.39 is 0 Å². The maximum Gasteiger partial charge on any atom is 0.191 e. The molecule has 2 N–H and O–H groups in total. The van der Waals surface area contributed by atoms with Crippen molar-refractivity contribution in [2.45, 2.75) is 45.7 Å². The van der Waals surface area contributed by atoms with Gasteiger partial charge in [-0.1, -0.05) is 25.1 Å². The van der Waals surface area contributed by atoms with E-state index in [0.29, 0.717) is 18.2 Å². The van der Waals surface area contributed by atoms with E-state index in [1.807, 2.05) is 13.0 Å². The Morgan fingerprint density at radius 2 is 1.96 bits per heavy atom. The number of aliphatic imine (C=N–C) groups is 1. The molecule has 1 heterocycles. The van der Waals surface area contributed by atoms with Crippen LogP contribution in [0.25, 0.3) is 0 Å². The molecule has 0 spiro atoms. The zero-order chi connectivity index (χ0) is 16.5. The van der Waals surface area contributed by atoms with E-state index in [-0.39, 0.29) is 29.8 Å². The molecule has 0 aromatic heterocycles. The molecule has 136 valence electrons. The lowest BCUT2D eigenvalue weighted by atomic mass is 10.1. The third kappa shape index (κ3) is 6.93. The Hall–Kier alpha value is -0.890. The van der Waals surface area contributed by atoms with Crippen LogP contribution in [0.1, 0.15) is 38.7 Å². The monoisotopic (exact) mass is 448 g/mol. The first-order valence-electron chi connectivity index (χ1n) is 8.73. The molecule has 0 saturated carbocycles. The van der Waals surface area contributed by atoms with E-state index in [9.17, 15) is 4.39 Å². The van der Waals surface area contributed by atoms with Crippen molar-refractivity contribution in [2.75, 3.05) is 26.2 Å². The Morgan fingerprint density at radius 1 is 1.25 bits per heavy atom. The summed E-state index contributed by atoms with van der Waals surface area (Å²) in [5, 5.41) is 6.76. The van der Waals surface area contributed by atoms with Gasteiger partial charge in [0.15, 0.2) is 5.96 Å². The van der Waals surface area contributed by atoms with Crippen LogP contribution in [-0.4, -0.2) is 43.1 Å². The highest BCUT2D eigenvalue weighted by Gasteiger charge is 2.19. The third-order valence-corrected chi connectivity index (χ3v) is 4.18. The van der Waals surface area contributed by atoms with Gasteiger partial charge in [0.05, 0.1) is 6.54 Å². The van der Waals surface area contributed by atoms with Crippen LogP contribution in [0, 0.1) is 5.82 Å². The van der Waals surface area contributed by atoms with Crippen molar-refractivity contribution in [3.05, 3.63) is 35.6 Å². The molecule has 2 rings (SSSR count). The number of benzene rings is 1. The van der Waals surface area contributed by atoms with Crippen LogP contribution < -0.4 is 10.6 Å². The topological polar surface area (TPSA) is 39.7 Å². The summed E-state index contributed by atoms with van der Waals surface area (Å²) in [7, 11) is 0. The number of nitrogens with one attached hydrogen (secondary N) is 2. The fourth-order valence-electron chi connectivity index (χ4n) is 2.92. The van der Waals surface area contributed by atoms with Crippen LogP contribution >= 0.6 is 24.0 Å². The summed E-state index contributed by atoms with van der Waals surface area (Å²) >= 11 is 0. The van der Waals surface area contributed by atoms with Crippen LogP contribution in [0.15, 0.2) is 29.3 Å². The summed E-state index contributed by atoms with van der Waals surface area (Å²) in [6.45, 7) is 8.90. The number of hydrogen-bond donors (Lipinski definition) is 2. The zero-order valence-electron chi connectivity index (χ0n) is 14.7. The second-order valence-electron chi connectivity index (χ2n) is 6.05. The largest absolute Gasteiger partial charge is 0.357 e. The van der Waals surface area contributed by atoms with Crippen LogP contribution in [0.3, 0.4) is 0 Å². The van der Waals surface area contributed by atoms with Gasteiger partial charge in [-0.05, 0) is 38.8 Å². The van der Waals surface area contributed by atoms with E-state index in [1.165, 1.54) is 19.0 Å². The molecule has 1 aromatic carbocycles. The fraction of sp³-hybridized carbons (Fsp3) is 0.611. The molecule has 1 aliphatic rings. The van der Waals surface area contributed by atoms with Gasteiger partial charge in [-0.3, -0.25) is 0 Å². The van der Waals surface area contributed by atoms with Crippen LogP contribution in [0.5, 0.6) is 0 Å². The molecule has 6 heteroatoms. The predicted octanol–water partition coefficient (Wildman–Crippen LogP) is 3.37. The molecule has 0 aliphatic carbocycles. The molecule has 1 aromatic rings. The Morgan fingerprint density at radius 3 is 2.58 bits per heavy atom. The first-order chi connectivity index (χ1) is 11.2. The number of piperidine rings is 1. The van der Waals surface area contributed by atoms with Crippen LogP contribution in [0.2, 0.25) is 0 Å². The zero-order valence-corrected chi connectivity index (χ0v) is 17.1. The summed E-state index contributed by atoms with van der Waals surface area (Å²) in [6.07, 6.45) is 3.47. The van der Waals surface area contributed by atoms with Crippen LogP contribution in [-0.2, 0) is 6.54 Å². The predicted molar refractivity (Wildman–Crippen MR) is 110 cm³/mol. The molecule has 0 bridgehead atoms. The minimum Gasteiger partial charge on any atom is -0.357 e. The van der Waals surface area contributed by atoms with Crippen molar-refractivity contribution < 1.29 is 4.39 Å². The molecule has 1 fully saturated rings. The molecule has 1 saturated heterocycles. The Balaban J connectivity index is 0.00000288. The van der Waals surface area contributed by atoms with Gasteiger partial charge in [-0.2, -0.15) is 0 Å². The van der Waals surface area contributed by atoms with E-state index >= 15 is 0 Å². The number of hydrogen-bond acceptors (Lipinski definition) is 2. The van der Waals surface area contributed by atoms with Gasteiger partial charge in [0.1, 0.15) is 5.82 Å². The van der Waals surface area contributed by atoms with Gasteiger partial charge in [0, 0.05) is 31.2 Å². The Bertz CT molecular complexity index is 502. The normalized spacial score (nSPS) is 16.5. The highest BCUT2D eigenvalue weighted by atomic mass is 127. The molecule has 1 aliphatic heterocycles. The maximum absolute atomic E-state index is 13.7. The molecule has 0 amide bonds. The van der Waals surface area contributed by atoms with E-state index in [0.717, 1.165) is 38.4 Å². The average Bonchev–Trinajstić information content (AvgIpc) is 2.56. The van der Waals surface area contributed by atoms with Gasteiger partial charge >= 0.3 is 0 Å². The minimum absolute atomic E-state index is 0. The molecular weight excluding hydrogens is 418 g/mol. The number of nitrogens with zero attached hydrogens (tertiary/aromatic N) is 2. The van der Waals surface area contributed by atoms with Gasteiger partial charge in [-0.15, -0.1) is 24.0 Å². The highest BCUT2D eigenvalue weighted by molar-refractivity contribution is 14.0. The quantitative estimate of drug-likeness (QED) is 0.398.